The molecule has 7 heteroatoms. The van der Waals surface area contributed by atoms with Crippen molar-refractivity contribution in [1.29, 1.82) is 0 Å². The predicted octanol–water partition coefficient (Wildman–Crippen LogP) is 4.31. The third-order valence-electron chi connectivity index (χ3n) is 6.00. The number of fused-ring (bicyclic) bond motifs is 1. The van der Waals surface area contributed by atoms with Crippen LogP contribution in [0.25, 0.3) is 10.9 Å². The molecule has 4 rings (SSSR count). The molecule has 168 valence electrons. The van der Waals surface area contributed by atoms with Gasteiger partial charge >= 0.3 is 0 Å². The molecule has 0 aliphatic heterocycles. The molecule has 4 aromatic rings. The van der Waals surface area contributed by atoms with E-state index >= 15 is 0 Å². The molecule has 2 amide bonds. The van der Waals surface area contributed by atoms with Crippen LogP contribution in [0.4, 0.5) is 5.69 Å². The summed E-state index contributed by atoms with van der Waals surface area (Å²) in [6.45, 7) is 2.04. The summed E-state index contributed by atoms with van der Waals surface area (Å²) in [6.07, 6.45) is 5.01. The molecule has 0 spiro atoms. The standard InChI is InChI=1S/C26H27N5O2/c1-18(31(3)26(33)22-17-27-29-23-8-5-4-7-21(22)23)10-11-19-12-14-20(15-13-19)28-25(32)24-9-6-16-30(24)2/h4-9,12-18H,10-11H2,1-3H3,(H,28,32). The van der Waals surface area contributed by atoms with E-state index in [-0.39, 0.29) is 17.9 Å². The Balaban J connectivity index is 1.35. The molecule has 1 atom stereocenters. The molecule has 0 fully saturated rings. The smallest absolute Gasteiger partial charge is 0.272 e. The molecule has 2 heterocycles. The van der Waals surface area contributed by atoms with Gasteiger partial charge in [0.25, 0.3) is 11.8 Å². The van der Waals surface area contributed by atoms with Crippen molar-refractivity contribution in [2.45, 2.75) is 25.8 Å². The fourth-order valence-corrected chi connectivity index (χ4v) is 3.78. The van der Waals surface area contributed by atoms with Gasteiger partial charge < -0.3 is 14.8 Å². The van der Waals surface area contributed by atoms with Gasteiger partial charge in [-0.25, -0.2) is 0 Å². The van der Waals surface area contributed by atoms with Crippen LogP contribution in [0.2, 0.25) is 0 Å². The van der Waals surface area contributed by atoms with Gasteiger partial charge in [0, 0.05) is 37.4 Å². The highest BCUT2D eigenvalue weighted by Gasteiger charge is 2.20. The summed E-state index contributed by atoms with van der Waals surface area (Å²) in [6, 6.07) is 19.0. The number of benzene rings is 2. The van der Waals surface area contributed by atoms with E-state index in [4.69, 9.17) is 0 Å². The number of anilines is 1. The predicted molar refractivity (Wildman–Crippen MR) is 129 cm³/mol. The van der Waals surface area contributed by atoms with Gasteiger partial charge in [-0.1, -0.05) is 30.3 Å². The van der Waals surface area contributed by atoms with E-state index in [0.717, 1.165) is 29.5 Å². The zero-order valence-electron chi connectivity index (χ0n) is 19.0. The van der Waals surface area contributed by atoms with Gasteiger partial charge in [0.05, 0.1) is 17.3 Å². The molecule has 1 unspecified atom stereocenters. The Morgan fingerprint density at radius 3 is 2.55 bits per heavy atom. The second kappa shape index (κ2) is 9.65. The second-order valence-electron chi connectivity index (χ2n) is 8.23. The van der Waals surface area contributed by atoms with Crippen LogP contribution in [-0.4, -0.2) is 44.6 Å². The van der Waals surface area contributed by atoms with Crippen molar-refractivity contribution in [2.24, 2.45) is 7.05 Å². The molecule has 0 saturated carbocycles. The van der Waals surface area contributed by atoms with Gasteiger partial charge in [0.1, 0.15) is 5.69 Å². The van der Waals surface area contributed by atoms with E-state index in [0.29, 0.717) is 16.8 Å². The highest BCUT2D eigenvalue weighted by molar-refractivity contribution is 6.05. The molecule has 2 aromatic carbocycles. The minimum absolute atomic E-state index is 0.0427. The number of aryl methyl sites for hydroxylation is 2. The third-order valence-corrected chi connectivity index (χ3v) is 6.00. The molecule has 0 aliphatic rings. The quantitative estimate of drug-likeness (QED) is 0.463. The number of carbonyl (C=O) groups excluding carboxylic acids is 2. The monoisotopic (exact) mass is 441 g/mol. The van der Waals surface area contributed by atoms with Crippen molar-refractivity contribution in [2.75, 3.05) is 12.4 Å². The highest BCUT2D eigenvalue weighted by atomic mass is 16.2. The van der Waals surface area contributed by atoms with E-state index in [1.807, 2.05) is 81.8 Å². The summed E-state index contributed by atoms with van der Waals surface area (Å²) in [5, 5.41) is 11.8. The summed E-state index contributed by atoms with van der Waals surface area (Å²) >= 11 is 0. The zero-order valence-corrected chi connectivity index (χ0v) is 19.0. The Morgan fingerprint density at radius 2 is 1.82 bits per heavy atom. The maximum Gasteiger partial charge on any atom is 0.272 e. The van der Waals surface area contributed by atoms with Crippen LogP contribution in [0, 0.1) is 0 Å². The zero-order chi connectivity index (χ0) is 23.4. The number of hydrogen-bond donors (Lipinski definition) is 1. The number of aromatic nitrogens is 3. The van der Waals surface area contributed by atoms with Crippen molar-refractivity contribution >= 4 is 28.4 Å². The van der Waals surface area contributed by atoms with Crippen molar-refractivity contribution in [3.8, 4) is 0 Å². The first-order valence-electron chi connectivity index (χ1n) is 10.9. The molecule has 0 radical (unpaired) electrons. The first kappa shape index (κ1) is 22.2. The van der Waals surface area contributed by atoms with Crippen LogP contribution in [0.15, 0.2) is 73.1 Å². The minimum atomic E-state index is -0.137. The van der Waals surface area contributed by atoms with Crippen LogP contribution < -0.4 is 5.32 Å². The molecular formula is C26H27N5O2. The van der Waals surface area contributed by atoms with Crippen LogP contribution in [-0.2, 0) is 13.5 Å². The van der Waals surface area contributed by atoms with Gasteiger partial charge in [-0.2, -0.15) is 10.2 Å². The van der Waals surface area contributed by atoms with Crippen molar-refractivity contribution < 1.29 is 9.59 Å². The van der Waals surface area contributed by atoms with Crippen LogP contribution in [0.1, 0.15) is 39.8 Å². The highest BCUT2D eigenvalue weighted by Crippen LogP contribution is 2.19. The molecular weight excluding hydrogens is 414 g/mol. The van der Waals surface area contributed by atoms with E-state index in [9.17, 15) is 9.59 Å². The molecule has 33 heavy (non-hydrogen) atoms. The Bertz CT molecular complexity index is 1270. The van der Waals surface area contributed by atoms with Gasteiger partial charge in [0.15, 0.2) is 0 Å². The van der Waals surface area contributed by atoms with Crippen LogP contribution in [0.3, 0.4) is 0 Å². The lowest BCUT2D eigenvalue weighted by molar-refractivity contribution is 0.0738. The number of hydrogen-bond acceptors (Lipinski definition) is 4. The summed E-state index contributed by atoms with van der Waals surface area (Å²) < 4.78 is 1.79. The van der Waals surface area contributed by atoms with Gasteiger partial charge in [-0.3, -0.25) is 9.59 Å². The Labute approximate surface area is 193 Å². The van der Waals surface area contributed by atoms with E-state index < -0.39 is 0 Å². The minimum Gasteiger partial charge on any atom is -0.347 e. The molecule has 0 aliphatic carbocycles. The average molecular weight is 442 g/mol. The van der Waals surface area contributed by atoms with Crippen molar-refractivity contribution in [3.63, 3.8) is 0 Å². The summed E-state index contributed by atoms with van der Waals surface area (Å²) in [5.74, 6) is -0.200. The number of carbonyl (C=O) groups is 2. The maximum atomic E-state index is 13.1. The molecule has 2 aromatic heterocycles. The Kier molecular flexibility index (Phi) is 6.49. The topological polar surface area (TPSA) is 80.1 Å². The SMILES string of the molecule is CC(CCc1ccc(NC(=O)c2cccn2C)cc1)N(C)C(=O)c1cnnc2ccccc12. The van der Waals surface area contributed by atoms with Crippen molar-refractivity contribution in [1.82, 2.24) is 19.7 Å². The fourth-order valence-electron chi connectivity index (χ4n) is 3.78. The summed E-state index contributed by atoms with van der Waals surface area (Å²) in [4.78, 5) is 27.2. The van der Waals surface area contributed by atoms with E-state index in [2.05, 4.69) is 15.5 Å². The van der Waals surface area contributed by atoms with Crippen LogP contribution in [0.5, 0.6) is 0 Å². The summed E-state index contributed by atoms with van der Waals surface area (Å²) in [7, 11) is 3.67. The maximum absolute atomic E-state index is 13.1. The van der Waals surface area contributed by atoms with Crippen LogP contribution >= 0.6 is 0 Å². The Hall–Kier alpha value is -4.00. The lowest BCUT2D eigenvalue weighted by atomic mass is 10.0. The van der Waals surface area contributed by atoms with Crippen molar-refractivity contribution in [3.05, 3.63) is 89.9 Å². The molecule has 7 nitrogen and oxygen atoms in total. The average Bonchev–Trinajstić information content (AvgIpc) is 3.28. The first-order valence-corrected chi connectivity index (χ1v) is 10.9. The lowest BCUT2D eigenvalue weighted by Crippen LogP contribution is -2.35. The van der Waals surface area contributed by atoms with Gasteiger partial charge in [0.2, 0.25) is 0 Å². The second-order valence-corrected chi connectivity index (χ2v) is 8.23. The van der Waals surface area contributed by atoms with E-state index in [1.165, 1.54) is 6.20 Å². The third kappa shape index (κ3) is 4.92. The normalized spacial score (nSPS) is 11.8. The van der Waals surface area contributed by atoms with Gasteiger partial charge in [-0.05, 0) is 55.7 Å². The molecule has 1 N–H and O–H groups in total. The number of nitrogens with one attached hydrogen (secondary N) is 1. The number of rotatable bonds is 7. The first-order chi connectivity index (χ1) is 15.9. The summed E-state index contributed by atoms with van der Waals surface area (Å²) in [5.41, 5.74) is 3.78. The molecule has 0 bridgehead atoms. The largest absolute Gasteiger partial charge is 0.347 e. The van der Waals surface area contributed by atoms with E-state index in [1.54, 1.807) is 15.5 Å². The number of nitrogens with zero attached hydrogens (tertiary/aromatic N) is 4. The number of amides is 2. The molecule has 0 saturated heterocycles. The van der Waals surface area contributed by atoms with Gasteiger partial charge in [-0.15, -0.1) is 0 Å². The lowest BCUT2D eigenvalue weighted by Gasteiger charge is -2.25. The Morgan fingerprint density at radius 1 is 1.06 bits per heavy atom. The fraction of sp³-hybridized carbons (Fsp3) is 0.231.